The van der Waals surface area contributed by atoms with Crippen LogP contribution in [0.2, 0.25) is 0 Å². The molecule has 2 saturated carbocycles. The largest absolute Gasteiger partial charge is 0.376 e. The van der Waals surface area contributed by atoms with Gasteiger partial charge in [-0.25, -0.2) is 9.97 Å². The van der Waals surface area contributed by atoms with E-state index in [2.05, 4.69) is 14.5 Å². The molecule has 2 heterocycles. The highest BCUT2D eigenvalue weighted by molar-refractivity contribution is 5.71. The van der Waals surface area contributed by atoms with Crippen molar-refractivity contribution in [1.29, 1.82) is 0 Å². The third-order valence-electron chi connectivity index (χ3n) is 5.20. The maximum absolute atomic E-state index is 9.77. The van der Waals surface area contributed by atoms with Crippen LogP contribution in [0.3, 0.4) is 0 Å². The number of aromatic nitrogens is 4. The second kappa shape index (κ2) is 5.83. The van der Waals surface area contributed by atoms with E-state index in [0.29, 0.717) is 18.0 Å². The number of imidazole rings is 1. The highest BCUT2D eigenvalue weighted by Gasteiger charge is 2.25. The van der Waals surface area contributed by atoms with Gasteiger partial charge in [0.05, 0.1) is 12.5 Å². The molecule has 0 spiro atoms. The molecule has 0 saturated heterocycles. The second-order valence-electron chi connectivity index (χ2n) is 6.52. The molecule has 0 amide bonds. The summed E-state index contributed by atoms with van der Waals surface area (Å²) in [5.41, 5.74) is 1.76. The van der Waals surface area contributed by atoms with Crippen LogP contribution in [0.5, 0.6) is 0 Å². The zero-order chi connectivity index (χ0) is 14.9. The molecule has 2 aromatic heterocycles. The molecular formula is C16H23N5O. The molecular weight excluding hydrogens is 278 g/mol. The molecule has 0 aliphatic heterocycles. The van der Waals surface area contributed by atoms with Gasteiger partial charge in [0, 0.05) is 12.1 Å². The Bertz CT molecular complexity index is 643. The van der Waals surface area contributed by atoms with Crippen molar-refractivity contribution < 1.29 is 5.11 Å². The van der Waals surface area contributed by atoms with Crippen LogP contribution in [-0.4, -0.2) is 37.4 Å². The van der Waals surface area contributed by atoms with E-state index in [4.69, 9.17) is 4.98 Å². The quantitative estimate of drug-likeness (QED) is 0.879. The minimum atomic E-state index is -0.0201. The molecule has 0 radical (unpaired) electrons. The maximum atomic E-state index is 9.77. The minimum Gasteiger partial charge on any atom is -0.376 e. The van der Waals surface area contributed by atoms with Gasteiger partial charge in [0.15, 0.2) is 5.65 Å². The fourth-order valence-electron chi connectivity index (χ4n) is 3.96. The first-order chi connectivity index (χ1) is 10.9. The molecule has 2 aliphatic carbocycles. The average molecular weight is 301 g/mol. The molecule has 6 nitrogen and oxygen atoms in total. The molecule has 1 N–H and O–H groups in total. The second-order valence-corrected chi connectivity index (χ2v) is 6.52. The third kappa shape index (κ3) is 2.35. The average Bonchev–Trinajstić information content (AvgIpc) is 3.29. The summed E-state index contributed by atoms with van der Waals surface area (Å²) >= 11 is 0. The highest BCUT2D eigenvalue weighted by Crippen LogP contribution is 2.32. The Morgan fingerprint density at radius 2 is 1.82 bits per heavy atom. The van der Waals surface area contributed by atoms with Gasteiger partial charge in [-0.2, -0.15) is 4.98 Å². The van der Waals surface area contributed by atoms with Crippen molar-refractivity contribution in [3.05, 3.63) is 12.5 Å². The molecule has 2 aromatic rings. The summed E-state index contributed by atoms with van der Waals surface area (Å²) < 4.78 is 2.21. The molecule has 0 bridgehead atoms. The zero-order valence-corrected chi connectivity index (χ0v) is 12.9. The monoisotopic (exact) mass is 301 g/mol. The molecule has 2 fully saturated rings. The van der Waals surface area contributed by atoms with Gasteiger partial charge in [-0.1, -0.05) is 25.7 Å². The third-order valence-corrected chi connectivity index (χ3v) is 5.20. The van der Waals surface area contributed by atoms with Gasteiger partial charge in [-0.15, -0.1) is 0 Å². The van der Waals surface area contributed by atoms with Gasteiger partial charge in [0.1, 0.15) is 12.2 Å². The van der Waals surface area contributed by atoms with Crippen LogP contribution in [0.15, 0.2) is 12.5 Å². The number of rotatable bonds is 4. The standard InChI is InChI=1S/C16H23N5O/c22-11-21(13-7-3-4-8-13)16-17-9-14-15(19-16)20(10-18-14)12-5-1-2-6-12/h9-10,12-13,22H,1-8,11H2. The van der Waals surface area contributed by atoms with E-state index in [-0.39, 0.29) is 6.73 Å². The number of aliphatic hydroxyl groups excluding tert-OH is 1. The first-order valence-electron chi connectivity index (χ1n) is 8.44. The number of hydrogen-bond donors (Lipinski definition) is 1. The summed E-state index contributed by atoms with van der Waals surface area (Å²) in [6.45, 7) is -0.0201. The lowest BCUT2D eigenvalue weighted by Gasteiger charge is -2.26. The molecule has 22 heavy (non-hydrogen) atoms. The van der Waals surface area contributed by atoms with E-state index < -0.39 is 0 Å². The fraction of sp³-hybridized carbons (Fsp3) is 0.688. The zero-order valence-electron chi connectivity index (χ0n) is 12.9. The van der Waals surface area contributed by atoms with E-state index in [1.165, 1.54) is 38.5 Å². The molecule has 0 aromatic carbocycles. The number of nitrogens with zero attached hydrogens (tertiary/aromatic N) is 5. The Hall–Kier alpha value is -1.69. The molecule has 0 atom stereocenters. The highest BCUT2D eigenvalue weighted by atomic mass is 16.3. The van der Waals surface area contributed by atoms with Gasteiger partial charge in [0.2, 0.25) is 5.95 Å². The number of aliphatic hydroxyl groups is 1. The summed E-state index contributed by atoms with van der Waals surface area (Å²) in [7, 11) is 0. The summed E-state index contributed by atoms with van der Waals surface area (Å²) in [6.07, 6.45) is 13.4. The van der Waals surface area contributed by atoms with Crippen molar-refractivity contribution in [3.63, 3.8) is 0 Å². The van der Waals surface area contributed by atoms with Gasteiger partial charge in [0.25, 0.3) is 0 Å². The predicted octanol–water partition coefficient (Wildman–Crippen LogP) is 2.64. The summed E-state index contributed by atoms with van der Waals surface area (Å²) in [5.74, 6) is 0.640. The van der Waals surface area contributed by atoms with Crippen LogP contribution in [0.1, 0.15) is 57.4 Å². The maximum Gasteiger partial charge on any atom is 0.229 e. The van der Waals surface area contributed by atoms with E-state index in [1.807, 2.05) is 11.2 Å². The van der Waals surface area contributed by atoms with Crippen molar-refractivity contribution in [1.82, 2.24) is 19.5 Å². The predicted molar refractivity (Wildman–Crippen MR) is 84.6 cm³/mol. The van der Waals surface area contributed by atoms with Crippen LogP contribution >= 0.6 is 0 Å². The van der Waals surface area contributed by atoms with Crippen LogP contribution in [0.4, 0.5) is 5.95 Å². The van der Waals surface area contributed by atoms with Gasteiger partial charge in [-0.05, 0) is 25.7 Å². The van der Waals surface area contributed by atoms with E-state index >= 15 is 0 Å². The number of hydrogen-bond acceptors (Lipinski definition) is 5. The van der Waals surface area contributed by atoms with Crippen LogP contribution < -0.4 is 4.90 Å². The molecule has 0 unspecified atom stereocenters. The van der Waals surface area contributed by atoms with Gasteiger partial charge < -0.3 is 14.6 Å². The first-order valence-corrected chi connectivity index (χ1v) is 8.44. The molecule has 4 rings (SSSR count). The lowest BCUT2D eigenvalue weighted by Crippen LogP contribution is -2.35. The van der Waals surface area contributed by atoms with Crippen molar-refractivity contribution in [3.8, 4) is 0 Å². The van der Waals surface area contributed by atoms with Crippen LogP contribution in [0.25, 0.3) is 11.2 Å². The fourth-order valence-corrected chi connectivity index (χ4v) is 3.96. The van der Waals surface area contributed by atoms with Crippen molar-refractivity contribution in [2.75, 3.05) is 11.6 Å². The van der Waals surface area contributed by atoms with Crippen molar-refractivity contribution in [2.24, 2.45) is 0 Å². The van der Waals surface area contributed by atoms with E-state index in [0.717, 1.165) is 24.0 Å². The van der Waals surface area contributed by atoms with Gasteiger partial charge in [-0.3, -0.25) is 0 Å². The van der Waals surface area contributed by atoms with Crippen molar-refractivity contribution in [2.45, 2.75) is 63.5 Å². The van der Waals surface area contributed by atoms with Crippen molar-refractivity contribution >= 4 is 17.1 Å². The number of anilines is 1. The smallest absolute Gasteiger partial charge is 0.229 e. The molecule has 118 valence electrons. The Balaban J connectivity index is 1.70. The molecule has 2 aliphatic rings. The lowest BCUT2D eigenvalue weighted by molar-refractivity contribution is 0.274. The number of fused-ring (bicyclic) bond motifs is 1. The summed E-state index contributed by atoms with van der Waals surface area (Å²) in [5, 5.41) is 9.77. The Morgan fingerprint density at radius 1 is 1.09 bits per heavy atom. The Labute approximate surface area is 130 Å². The van der Waals surface area contributed by atoms with Crippen LogP contribution in [-0.2, 0) is 0 Å². The Morgan fingerprint density at radius 3 is 2.55 bits per heavy atom. The van der Waals surface area contributed by atoms with Crippen LogP contribution in [0, 0.1) is 0 Å². The van der Waals surface area contributed by atoms with Gasteiger partial charge >= 0.3 is 0 Å². The lowest BCUT2D eigenvalue weighted by atomic mass is 10.2. The molecule has 6 heteroatoms. The first kappa shape index (κ1) is 13.9. The summed E-state index contributed by atoms with van der Waals surface area (Å²) in [6, 6.07) is 0.882. The van der Waals surface area contributed by atoms with E-state index in [1.54, 1.807) is 6.20 Å². The normalized spacial score (nSPS) is 20.2. The van der Waals surface area contributed by atoms with E-state index in [9.17, 15) is 5.11 Å². The summed E-state index contributed by atoms with van der Waals surface area (Å²) in [4.78, 5) is 15.6. The topological polar surface area (TPSA) is 67.1 Å². The Kier molecular flexibility index (Phi) is 3.70. The minimum absolute atomic E-state index is 0.0201. The SMILES string of the molecule is OCN(c1ncc2ncn(C3CCCC3)c2n1)C1CCCC1.